The Morgan fingerprint density at radius 2 is 1.84 bits per heavy atom. The largest absolute Gasteiger partial charge is 0.369 e. The molecule has 1 amide bonds. The lowest BCUT2D eigenvalue weighted by Crippen LogP contribution is -2.36. The van der Waals surface area contributed by atoms with Gasteiger partial charge in [0, 0.05) is 12.6 Å². The molecule has 1 aliphatic carbocycles. The average molecular weight is 338 g/mol. The second-order valence-electron chi connectivity index (χ2n) is 6.61. The summed E-state index contributed by atoms with van der Waals surface area (Å²) in [5.41, 5.74) is 1.73. The van der Waals surface area contributed by atoms with E-state index in [4.69, 9.17) is 0 Å². The third kappa shape index (κ3) is 5.55. The van der Waals surface area contributed by atoms with Crippen molar-refractivity contribution >= 4 is 11.7 Å². The number of nitrogens with zero attached hydrogens (tertiary/aromatic N) is 2. The van der Waals surface area contributed by atoms with Crippen LogP contribution in [0.3, 0.4) is 0 Å². The molecule has 1 aromatic carbocycles. The molecule has 25 heavy (non-hydrogen) atoms. The molecule has 0 saturated heterocycles. The number of aryl methyl sites for hydroxylation is 1. The van der Waals surface area contributed by atoms with Crippen molar-refractivity contribution in [1.82, 2.24) is 15.3 Å². The summed E-state index contributed by atoms with van der Waals surface area (Å²) >= 11 is 0. The fraction of sp³-hybridized carbons (Fsp3) is 0.450. The highest BCUT2D eigenvalue weighted by Gasteiger charge is 2.17. The second kappa shape index (κ2) is 9.16. The summed E-state index contributed by atoms with van der Waals surface area (Å²) in [4.78, 5) is 20.8. The van der Waals surface area contributed by atoms with Crippen molar-refractivity contribution in [2.45, 2.75) is 51.0 Å². The standard InChI is InChI=1S/C20H26N4O/c25-20(24-17-11-5-2-6-12-17)18-14-23-19(15-22-18)21-13-7-10-16-8-3-1-4-9-16/h1,3-4,8-9,14-15,17H,2,5-7,10-13H2,(H,21,23)(H,24,25). The number of benzene rings is 1. The minimum Gasteiger partial charge on any atom is -0.369 e. The third-order valence-corrected chi connectivity index (χ3v) is 4.62. The van der Waals surface area contributed by atoms with E-state index in [0.29, 0.717) is 17.6 Å². The molecule has 1 aliphatic rings. The molecule has 2 aromatic rings. The fourth-order valence-electron chi connectivity index (χ4n) is 3.20. The van der Waals surface area contributed by atoms with Crippen LogP contribution in [-0.2, 0) is 6.42 Å². The van der Waals surface area contributed by atoms with Crippen molar-refractivity contribution in [2.75, 3.05) is 11.9 Å². The van der Waals surface area contributed by atoms with E-state index in [0.717, 1.165) is 32.2 Å². The molecule has 132 valence electrons. The van der Waals surface area contributed by atoms with E-state index in [-0.39, 0.29) is 5.91 Å². The van der Waals surface area contributed by atoms with Crippen molar-refractivity contribution < 1.29 is 4.79 Å². The van der Waals surface area contributed by atoms with E-state index in [9.17, 15) is 4.79 Å². The van der Waals surface area contributed by atoms with E-state index in [1.165, 1.54) is 24.8 Å². The second-order valence-corrected chi connectivity index (χ2v) is 6.61. The van der Waals surface area contributed by atoms with Gasteiger partial charge in [0.05, 0.1) is 12.4 Å². The summed E-state index contributed by atoms with van der Waals surface area (Å²) in [6, 6.07) is 10.7. The van der Waals surface area contributed by atoms with Gasteiger partial charge in [0.25, 0.3) is 5.91 Å². The Bertz CT molecular complexity index is 651. The summed E-state index contributed by atoms with van der Waals surface area (Å²) in [5.74, 6) is 0.595. The van der Waals surface area contributed by atoms with Crippen molar-refractivity contribution in [3.63, 3.8) is 0 Å². The van der Waals surface area contributed by atoms with Crippen LogP contribution in [0, 0.1) is 0 Å². The van der Waals surface area contributed by atoms with E-state index in [1.54, 1.807) is 12.4 Å². The number of anilines is 1. The van der Waals surface area contributed by atoms with Crippen molar-refractivity contribution in [1.29, 1.82) is 0 Å². The van der Waals surface area contributed by atoms with Crippen LogP contribution in [0.25, 0.3) is 0 Å². The minimum atomic E-state index is -0.116. The summed E-state index contributed by atoms with van der Waals surface area (Å²) in [6.45, 7) is 0.831. The van der Waals surface area contributed by atoms with Gasteiger partial charge in [-0.15, -0.1) is 0 Å². The van der Waals surface area contributed by atoms with Crippen LogP contribution >= 0.6 is 0 Å². The fourth-order valence-corrected chi connectivity index (χ4v) is 3.20. The van der Waals surface area contributed by atoms with Gasteiger partial charge in [-0.05, 0) is 31.2 Å². The number of hydrogen-bond donors (Lipinski definition) is 2. The quantitative estimate of drug-likeness (QED) is 0.757. The Balaban J connectivity index is 1.41. The molecule has 0 spiro atoms. The molecule has 1 saturated carbocycles. The van der Waals surface area contributed by atoms with Crippen LogP contribution < -0.4 is 10.6 Å². The number of hydrogen-bond acceptors (Lipinski definition) is 4. The van der Waals surface area contributed by atoms with Crippen LogP contribution in [0.1, 0.15) is 54.6 Å². The monoisotopic (exact) mass is 338 g/mol. The number of carbonyl (C=O) groups is 1. The molecule has 1 heterocycles. The first-order chi connectivity index (χ1) is 12.3. The molecule has 0 aliphatic heterocycles. The normalized spacial score (nSPS) is 14.9. The molecule has 0 bridgehead atoms. The van der Waals surface area contributed by atoms with Gasteiger partial charge < -0.3 is 10.6 Å². The third-order valence-electron chi connectivity index (χ3n) is 4.62. The molecule has 5 heteroatoms. The van der Waals surface area contributed by atoms with Gasteiger partial charge in [0.2, 0.25) is 0 Å². The van der Waals surface area contributed by atoms with Crippen LogP contribution in [-0.4, -0.2) is 28.5 Å². The molecular weight excluding hydrogens is 312 g/mol. The highest BCUT2D eigenvalue weighted by molar-refractivity contribution is 5.92. The molecule has 3 rings (SSSR count). The summed E-state index contributed by atoms with van der Waals surface area (Å²) in [7, 11) is 0. The van der Waals surface area contributed by atoms with Crippen molar-refractivity contribution in [3.05, 3.63) is 54.0 Å². The lowest BCUT2D eigenvalue weighted by Gasteiger charge is -2.22. The molecule has 1 fully saturated rings. The lowest BCUT2D eigenvalue weighted by atomic mass is 9.95. The first-order valence-electron chi connectivity index (χ1n) is 9.22. The van der Waals surface area contributed by atoms with Crippen LogP contribution in [0.2, 0.25) is 0 Å². The lowest BCUT2D eigenvalue weighted by molar-refractivity contribution is 0.0922. The Labute approximate surface area is 149 Å². The van der Waals surface area contributed by atoms with E-state index in [1.807, 2.05) is 6.07 Å². The average Bonchev–Trinajstić information content (AvgIpc) is 2.67. The van der Waals surface area contributed by atoms with Gasteiger partial charge >= 0.3 is 0 Å². The molecule has 0 atom stereocenters. The van der Waals surface area contributed by atoms with E-state index >= 15 is 0 Å². The number of amides is 1. The van der Waals surface area contributed by atoms with Gasteiger partial charge in [-0.1, -0.05) is 49.6 Å². The zero-order valence-electron chi connectivity index (χ0n) is 14.6. The highest BCUT2D eigenvalue weighted by atomic mass is 16.1. The van der Waals surface area contributed by atoms with Gasteiger partial charge in [0.1, 0.15) is 11.5 Å². The maximum atomic E-state index is 12.2. The smallest absolute Gasteiger partial charge is 0.271 e. The van der Waals surface area contributed by atoms with Crippen LogP contribution in [0.15, 0.2) is 42.7 Å². The van der Waals surface area contributed by atoms with Crippen molar-refractivity contribution in [3.8, 4) is 0 Å². The first kappa shape index (κ1) is 17.4. The number of nitrogens with one attached hydrogen (secondary N) is 2. The summed E-state index contributed by atoms with van der Waals surface area (Å²) in [6.07, 6.45) is 11.1. The first-order valence-corrected chi connectivity index (χ1v) is 9.22. The number of rotatable bonds is 7. The summed E-state index contributed by atoms with van der Waals surface area (Å²) < 4.78 is 0. The molecule has 0 unspecified atom stereocenters. The van der Waals surface area contributed by atoms with Gasteiger partial charge in [0.15, 0.2) is 0 Å². The Kier molecular flexibility index (Phi) is 6.37. The van der Waals surface area contributed by atoms with E-state index in [2.05, 4.69) is 44.9 Å². The maximum absolute atomic E-state index is 12.2. The Hall–Kier alpha value is -2.43. The predicted octanol–water partition coefficient (Wildman–Crippen LogP) is 3.58. The summed E-state index contributed by atoms with van der Waals surface area (Å²) in [5, 5.41) is 6.32. The SMILES string of the molecule is O=C(NC1CCCCC1)c1cnc(NCCCc2ccccc2)cn1. The molecule has 0 radical (unpaired) electrons. The molecule has 2 N–H and O–H groups in total. The predicted molar refractivity (Wildman–Crippen MR) is 99.6 cm³/mol. The van der Waals surface area contributed by atoms with Gasteiger partial charge in [-0.2, -0.15) is 0 Å². The zero-order valence-corrected chi connectivity index (χ0v) is 14.6. The van der Waals surface area contributed by atoms with Crippen molar-refractivity contribution in [2.24, 2.45) is 0 Å². The van der Waals surface area contributed by atoms with E-state index < -0.39 is 0 Å². The van der Waals surface area contributed by atoms with Gasteiger partial charge in [-0.3, -0.25) is 4.79 Å². The van der Waals surface area contributed by atoms with Crippen LogP contribution in [0.5, 0.6) is 0 Å². The van der Waals surface area contributed by atoms with Crippen LogP contribution in [0.4, 0.5) is 5.82 Å². The number of aromatic nitrogens is 2. The Morgan fingerprint density at radius 1 is 1.04 bits per heavy atom. The molecular formula is C20H26N4O. The minimum absolute atomic E-state index is 0.116. The number of carbonyl (C=O) groups excluding carboxylic acids is 1. The zero-order chi connectivity index (χ0) is 17.3. The maximum Gasteiger partial charge on any atom is 0.271 e. The highest BCUT2D eigenvalue weighted by Crippen LogP contribution is 2.17. The molecule has 1 aromatic heterocycles. The van der Waals surface area contributed by atoms with Gasteiger partial charge in [-0.25, -0.2) is 9.97 Å². The molecule has 5 nitrogen and oxygen atoms in total. The topological polar surface area (TPSA) is 66.9 Å². The Morgan fingerprint density at radius 3 is 2.56 bits per heavy atom.